The predicted molar refractivity (Wildman–Crippen MR) is 123 cm³/mol. The van der Waals surface area contributed by atoms with E-state index in [2.05, 4.69) is 0 Å². The quantitative estimate of drug-likeness (QED) is 0.353. The fraction of sp³-hybridized carbons (Fsp3) is 0.360. The summed E-state index contributed by atoms with van der Waals surface area (Å²) in [6.45, 7) is 5.36. The number of likely N-dealkylation sites (N-methyl/N-ethyl adjacent to an activating group) is 1. The molecule has 1 amide bonds. The zero-order chi connectivity index (χ0) is 24.1. The van der Waals surface area contributed by atoms with Crippen LogP contribution >= 0.6 is 0 Å². The van der Waals surface area contributed by atoms with Gasteiger partial charge >= 0.3 is 0 Å². The molecule has 3 rings (SSSR count). The number of carbonyl (C=O) groups excluding carboxylic acids is 2. The average molecular weight is 457 g/mol. The first-order chi connectivity index (χ1) is 15.8. The number of rotatable bonds is 9. The fourth-order valence-corrected chi connectivity index (χ4v) is 3.77. The molecule has 1 heterocycles. The van der Waals surface area contributed by atoms with Crippen molar-refractivity contribution in [2.75, 3.05) is 40.4 Å². The normalized spacial score (nSPS) is 17.6. The van der Waals surface area contributed by atoms with E-state index < -0.39 is 23.5 Å². The van der Waals surface area contributed by atoms with E-state index in [4.69, 9.17) is 9.47 Å². The monoisotopic (exact) mass is 456 g/mol. The highest BCUT2D eigenvalue weighted by Gasteiger charge is 2.46. The molecule has 0 aromatic heterocycles. The first-order valence-corrected chi connectivity index (χ1v) is 10.9. The number of aliphatic hydroxyl groups excluding tert-OH is 1. The Morgan fingerprint density at radius 1 is 1.03 bits per heavy atom. The van der Waals surface area contributed by atoms with Gasteiger partial charge in [-0.1, -0.05) is 6.07 Å². The lowest BCUT2D eigenvalue weighted by molar-refractivity contribution is -0.140. The molecule has 0 saturated carbocycles. The van der Waals surface area contributed by atoms with Gasteiger partial charge in [0.15, 0.2) is 11.5 Å². The van der Waals surface area contributed by atoms with E-state index in [-0.39, 0.29) is 23.4 Å². The van der Waals surface area contributed by atoms with Crippen LogP contribution in [-0.2, 0) is 9.59 Å². The Morgan fingerprint density at radius 2 is 1.67 bits per heavy atom. The number of carbonyl (C=O) groups is 2. The van der Waals surface area contributed by atoms with Gasteiger partial charge in [0.25, 0.3) is 11.7 Å². The minimum absolute atomic E-state index is 0.0445. The molecule has 33 heavy (non-hydrogen) atoms. The number of ether oxygens (including phenoxy) is 2. The van der Waals surface area contributed by atoms with E-state index in [1.807, 2.05) is 32.8 Å². The summed E-state index contributed by atoms with van der Waals surface area (Å²) in [5.74, 6) is -1.27. The number of likely N-dealkylation sites (tertiary alicyclic amines) is 1. The van der Waals surface area contributed by atoms with Gasteiger partial charge in [0, 0.05) is 18.7 Å². The van der Waals surface area contributed by atoms with Crippen molar-refractivity contribution >= 4 is 17.4 Å². The smallest absolute Gasteiger partial charge is 0.295 e. The topological polar surface area (TPSA) is 79.3 Å². The van der Waals surface area contributed by atoms with Crippen LogP contribution in [0.1, 0.15) is 31.0 Å². The average Bonchev–Trinajstić information content (AvgIpc) is 3.04. The van der Waals surface area contributed by atoms with Crippen molar-refractivity contribution in [2.45, 2.75) is 19.9 Å². The summed E-state index contributed by atoms with van der Waals surface area (Å²) in [5.41, 5.74) is 0.809. The predicted octanol–water partition coefficient (Wildman–Crippen LogP) is 3.61. The third-order valence-electron chi connectivity index (χ3n) is 5.33. The van der Waals surface area contributed by atoms with Gasteiger partial charge in [-0.3, -0.25) is 9.59 Å². The van der Waals surface area contributed by atoms with Crippen molar-refractivity contribution in [1.82, 2.24) is 9.80 Å². The minimum Gasteiger partial charge on any atom is -0.507 e. The lowest BCUT2D eigenvalue weighted by Crippen LogP contribution is -2.35. The third-order valence-corrected chi connectivity index (χ3v) is 5.33. The lowest BCUT2D eigenvalue weighted by atomic mass is 9.95. The molecule has 1 saturated heterocycles. The maximum absolute atomic E-state index is 13.4. The van der Waals surface area contributed by atoms with Gasteiger partial charge in [-0.15, -0.1) is 0 Å². The van der Waals surface area contributed by atoms with Gasteiger partial charge in [0.2, 0.25) is 0 Å². The summed E-state index contributed by atoms with van der Waals surface area (Å²) in [4.78, 5) is 29.4. The van der Waals surface area contributed by atoms with Crippen molar-refractivity contribution in [3.8, 4) is 11.5 Å². The molecule has 1 atom stereocenters. The van der Waals surface area contributed by atoms with E-state index in [1.54, 1.807) is 18.2 Å². The zero-order valence-electron chi connectivity index (χ0n) is 19.3. The summed E-state index contributed by atoms with van der Waals surface area (Å²) >= 11 is 0. The first-order valence-electron chi connectivity index (χ1n) is 10.9. The van der Waals surface area contributed by atoms with Crippen molar-refractivity contribution in [1.29, 1.82) is 0 Å². The Morgan fingerprint density at radius 3 is 2.27 bits per heavy atom. The van der Waals surface area contributed by atoms with Gasteiger partial charge in [-0.25, -0.2) is 4.39 Å². The maximum atomic E-state index is 13.4. The largest absolute Gasteiger partial charge is 0.507 e. The highest BCUT2D eigenvalue weighted by molar-refractivity contribution is 6.46. The molecule has 1 aliphatic heterocycles. The molecule has 2 aromatic rings. The van der Waals surface area contributed by atoms with E-state index >= 15 is 0 Å². The Labute approximate surface area is 193 Å². The van der Waals surface area contributed by atoms with Crippen LogP contribution in [0.3, 0.4) is 0 Å². The summed E-state index contributed by atoms with van der Waals surface area (Å²) in [6.07, 6.45) is 0. The molecule has 7 nitrogen and oxygen atoms in total. The second-order valence-corrected chi connectivity index (χ2v) is 7.87. The standard InChI is InChI=1S/C25H29FN2O5/c1-5-32-19-12-9-17(15-20(19)33-6-2)22-21(23(29)16-7-10-18(26)11-8-16)24(30)25(31)28(22)14-13-27(3)4/h7-12,15,22,29H,5-6,13-14H2,1-4H3/t22-/m1/s1. The highest BCUT2D eigenvalue weighted by Crippen LogP contribution is 2.42. The van der Waals surface area contributed by atoms with E-state index in [9.17, 15) is 19.1 Å². The molecule has 0 radical (unpaired) electrons. The molecule has 1 N–H and O–H groups in total. The molecule has 0 spiro atoms. The molecule has 0 unspecified atom stereocenters. The van der Waals surface area contributed by atoms with Crippen molar-refractivity contribution in [3.63, 3.8) is 0 Å². The number of Topliss-reactive ketones (excluding diaryl/α,β-unsaturated/α-hetero) is 1. The fourth-order valence-electron chi connectivity index (χ4n) is 3.77. The number of nitrogens with zero attached hydrogens (tertiary/aromatic N) is 2. The molecule has 2 aromatic carbocycles. The Balaban J connectivity index is 2.17. The number of hydrogen-bond donors (Lipinski definition) is 1. The molecule has 0 aliphatic carbocycles. The molecular formula is C25H29FN2O5. The van der Waals surface area contributed by atoms with Crippen molar-refractivity contribution < 1.29 is 28.6 Å². The lowest BCUT2D eigenvalue weighted by Gasteiger charge is -2.27. The molecule has 1 aliphatic rings. The van der Waals surface area contributed by atoms with Gasteiger partial charge in [-0.2, -0.15) is 0 Å². The zero-order valence-corrected chi connectivity index (χ0v) is 19.3. The summed E-state index contributed by atoms with van der Waals surface area (Å²) < 4.78 is 24.8. The molecule has 1 fully saturated rings. The first kappa shape index (κ1) is 24.3. The van der Waals surface area contributed by atoms with Crippen LogP contribution in [0.5, 0.6) is 11.5 Å². The van der Waals surface area contributed by atoms with Crippen molar-refractivity contribution in [2.24, 2.45) is 0 Å². The SMILES string of the molecule is CCOc1ccc([C@@H]2C(=C(O)c3ccc(F)cc3)C(=O)C(=O)N2CCN(C)C)cc1OCC. The summed E-state index contributed by atoms with van der Waals surface area (Å²) in [6, 6.07) is 9.51. The summed E-state index contributed by atoms with van der Waals surface area (Å²) in [5, 5.41) is 11.0. The number of amides is 1. The van der Waals surface area contributed by atoms with E-state index in [0.29, 0.717) is 36.8 Å². The van der Waals surface area contributed by atoms with E-state index in [1.165, 1.54) is 29.2 Å². The van der Waals surface area contributed by atoms with Crippen LogP contribution in [-0.4, -0.2) is 67.0 Å². The van der Waals surface area contributed by atoms with Crippen molar-refractivity contribution in [3.05, 3.63) is 65.0 Å². The molecule has 0 bridgehead atoms. The number of halogens is 1. The van der Waals surface area contributed by atoms with Gasteiger partial charge in [0.05, 0.1) is 24.8 Å². The van der Waals surface area contributed by atoms with Crippen LogP contribution < -0.4 is 9.47 Å². The maximum Gasteiger partial charge on any atom is 0.295 e. The van der Waals surface area contributed by atoms with Gasteiger partial charge in [0.1, 0.15) is 11.6 Å². The van der Waals surface area contributed by atoms with Crippen LogP contribution in [0.25, 0.3) is 5.76 Å². The second-order valence-electron chi connectivity index (χ2n) is 7.87. The highest BCUT2D eigenvalue weighted by atomic mass is 19.1. The minimum atomic E-state index is -0.829. The van der Waals surface area contributed by atoms with Crippen LogP contribution in [0.2, 0.25) is 0 Å². The Hall–Kier alpha value is -3.39. The van der Waals surface area contributed by atoms with Crippen LogP contribution in [0.4, 0.5) is 4.39 Å². The number of ketones is 1. The number of hydrogen-bond acceptors (Lipinski definition) is 6. The van der Waals surface area contributed by atoms with E-state index in [0.717, 1.165) is 0 Å². The summed E-state index contributed by atoms with van der Waals surface area (Å²) in [7, 11) is 3.74. The second kappa shape index (κ2) is 10.5. The van der Waals surface area contributed by atoms with Gasteiger partial charge < -0.3 is 24.4 Å². The van der Waals surface area contributed by atoms with Crippen LogP contribution in [0, 0.1) is 5.82 Å². The number of aliphatic hydroxyl groups is 1. The molecule has 8 heteroatoms. The number of benzene rings is 2. The van der Waals surface area contributed by atoms with Gasteiger partial charge in [-0.05, 0) is 69.9 Å². The Kier molecular flexibility index (Phi) is 7.71. The molecular weight excluding hydrogens is 427 g/mol. The third kappa shape index (κ3) is 5.17. The Bertz CT molecular complexity index is 1050. The van der Waals surface area contributed by atoms with Crippen LogP contribution in [0.15, 0.2) is 48.0 Å². The molecule has 176 valence electrons.